The number of benzene rings is 2. The van der Waals surface area contributed by atoms with Gasteiger partial charge in [0.1, 0.15) is 5.82 Å². The highest BCUT2D eigenvalue weighted by Gasteiger charge is 2.14. The van der Waals surface area contributed by atoms with Crippen molar-refractivity contribution in [2.45, 2.75) is 33.6 Å². The SMILES string of the molecule is CCCC(=O)Nc1cc(-c2ccccc2)nn1-c1ccc(C)cc1C. The molecular formula is C21H23N3O. The summed E-state index contributed by atoms with van der Waals surface area (Å²) < 4.78 is 1.82. The molecule has 1 aromatic heterocycles. The molecule has 0 saturated carbocycles. The van der Waals surface area contributed by atoms with Gasteiger partial charge in [0, 0.05) is 18.1 Å². The average Bonchev–Trinajstić information content (AvgIpc) is 2.99. The summed E-state index contributed by atoms with van der Waals surface area (Å²) in [6.45, 7) is 6.12. The molecule has 0 saturated heterocycles. The molecule has 2 aromatic carbocycles. The van der Waals surface area contributed by atoms with Crippen molar-refractivity contribution >= 4 is 11.7 Å². The third-order valence-corrected chi connectivity index (χ3v) is 4.10. The fourth-order valence-electron chi connectivity index (χ4n) is 2.88. The lowest BCUT2D eigenvalue weighted by molar-refractivity contribution is -0.116. The minimum absolute atomic E-state index is 0.00743. The van der Waals surface area contributed by atoms with E-state index >= 15 is 0 Å². The Kier molecular flexibility index (Phi) is 4.98. The molecule has 4 nitrogen and oxygen atoms in total. The number of rotatable bonds is 5. The van der Waals surface area contributed by atoms with Crippen molar-refractivity contribution < 1.29 is 4.79 Å². The lowest BCUT2D eigenvalue weighted by Crippen LogP contribution is -2.14. The van der Waals surface area contributed by atoms with Gasteiger partial charge >= 0.3 is 0 Å². The maximum absolute atomic E-state index is 12.1. The van der Waals surface area contributed by atoms with Crippen molar-refractivity contribution in [3.8, 4) is 16.9 Å². The van der Waals surface area contributed by atoms with Crippen LogP contribution in [0.3, 0.4) is 0 Å². The van der Waals surface area contributed by atoms with Crippen LogP contribution in [0.1, 0.15) is 30.9 Å². The zero-order chi connectivity index (χ0) is 17.8. The number of nitrogens with one attached hydrogen (secondary N) is 1. The molecule has 0 unspecified atom stereocenters. The van der Waals surface area contributed by atoms with Gasteiger partial charge in [-0.3, -0.25) is 4.79 Å². The van der Waals surface area contributed by atoms with Gasteiger partial charge in [-0.2, -0.15) is 5.10 Å². The van der Waals surface area contributed by atoms with Crippen LogP contribution >= 0.6 is 0 Å². The van der Waals surface area contributed by atoms with E-state index in [4.69, 9.17) is 5.10 Å². The maximum Gasteiger partial charge on any atom is 0.225 e. The van der Waals surface area contributed by atoms with Gasteiger partial charge in [0.15, 0.2) is 0 Å². The molecular weight excluding hydrogens is 310 g/mol. The van der Waals surface area contributed by atoms with Gasteiger partial charge in [0.25, 0.3) is 0 Å². The van der Waals surface area contributed by atoms with Crippen LogP contribution in [-0.2, 0) is 4.79 Å². The van der Waals surface area contributed by atoms with Crippen molar-refractivity contribution in [2.75, 3.05) is 5.32 Å². The van der Waals surface area contributed by atoms with Crippen LogP contribution < -0.4 is 5.32 Å². The van der Waals surface area contributed by atoms with E-state index in [2.05, 4.69) is 31.3 Å². The summed E-state index contributed by atoms with van der Waals surface area (Å²) in [6.07, 6.45) is 1.31. The topological polar surface area (TPSA) is 46.9 Å². The van der Waals surface area contributed by atoms with Crippen LogP contribution in [0.4, 0.5) is 5.82 Å². The summed E-state index contributed by atoms with van der Waals surface area (Å²) in [6, 6.07) is 18.2. The number of nitrogens with zero attached hydrogens (tertiary/aromatic N) is 2. The molecule has 0 radical (unpaired) electrons. The first-order valence-electron chi connectivity index (χ1n) is 8.61. The standard InChI is InChI=1S/C21H23N3O/c1-4-8-21(25)22-20-14-18(17-9-6-5-7-10-17)23-24(20)19-12-11-15(2)13-16(19)3/h5-7,9-14H,4,8H2,1-3H3,(H,22,25). The molecule has 1 amide bonds. The summed E-state index contributed by atoms with van der Waals surface area (Å²) in [5.74, 6) is 0.706. The number of aryl methyl sites for hydroxylation is 2. The monoisotopic (exact) mass is 333 g/mol. The Balaban J connectivity index is 2.08. The molecule has 0 spiro atoms. The second-order valence-corrected chi connectivity index (χ2v) is 6.28. The molecule has 3 rings (SSSR count). The second-order valence-electron chi connectivity index (χ2n) is 6.28. The Morgan fingerprint density at radius 2 is 1.84 bits per heavy atom. The van der Waals surface area contributed by atoms with Gasteiger partial charge in [-0.25, -0.2) is 4.68 Å². The lowest BCUT2D eigenvalue weighted by Gasteiger charge is -2.11. The number of anilines is 1. The summed E-state index contributed by atoms with van der Waals surface area (Å²) in [7, 11) is 0. The third-order valence-electron chi connectivity index (χ3n) is 4.10. The van der Waals surface area contributed by atoms with E-state index in [0.717, 1.165) is 28.9 Å². The molecule has 3 aromatic rings. The Morgan fingerprint density at radius 3 is 2.52 bits per heavy atom. The molecule has 0 aliphatic heterocycles. The zero-order valence-electron chi connectivity index (χ0n) is 14.9. The smallest absolute Gasteiger partial charge is 0.225 e. The number of hydrogen-bond donors (Lipinski definition) is 1. The van der Waals surface area contributed by atoms with E-state index in [-0.39, 0.29) is 5.91 Å². The van der Waals surface area contributed by atoms with Gasteiger partial charge in [0.05, 0.1) is 11.4 Å². The normalized spacial score (nSPS) is 10.7. The molecule has 0 aliphatic rings. The number of hydrogen-bond acceptors (Lipinski definition) is 2. The first-order valence-corrected chi connectivity index (χ1v) is 8.61. The molecule has 128 valence electrons. The third kappa shape index (κ3) is 3.79. The summed E-state index contributed by atoms with van der Waals surface area (Å²) in [4.78, 5) is 12.1. The molecule has 1 N–H and O–H groups in total. The highest BCUT2D eigenvalue weighted by Crippen LogP contribution is 2.26. The Bertz CT molecular complexity index is 881. The van der Waals surface area contributed by atoms with Crippen LogP contribution in [0.2, 0.25) is 0 Å². The highest BCUT2D eigenvalue weighted by molar-refractivity contribution is 5.90. The van der Waals surface area contributed by atoms with E-state index in [1.54, 1.807) is 0 Å². The van der Waals surface area contributed by atoms with E-state index in [1.807, 2.05) is 54.1 Å². The summed E-state index contributed by atoms with van der Waals surface area (Å²) >= 11 is 0. The Hall–Kier alpha value is -2.88. The largest absolute Gasteiger partial charge is 0.311 e. The van der Waals surface area contributed by atoms with Crippen LogP contribution in [0, 0.1) is 13.8 Å². The number of carbonyl (C=O) groups excluding carboxylic acids is 1. The molecule has 4 heteroatoms. The van der Waals surface area contributed by atoms with E-state index in [0.29, 0.717) is 12.2 Å². The first-order chi connectivity index (χ1) is 12.1. The molecule has 25 heavy (non-hydrogen) atoms. The van der Waals surface area contributed by atoms with E-state index in [9.17, 15) is 4.79 Å². The fourth-order valence-corrected chi connectivity index (χ4v) is 2.88. The average molecular weight is 333 g/mol. The molecule has 0 aliphatic carbocycles. The van der Waals surface area contributed by atoms with Gasteiger partial charge in [-0.05, 0) is 31.9 Å². The van der Waals surface area contributed by atoms with Gasteiger partial charge in [-0.1, -0.05) is 55.0 Å². The van der Waals surface area contributed by atoms with Crippen molar-refractivity contribution in [2.24, 2.45) is 0 Å². The highest BCUT2D eigenvalue weighted by atomic mass is 16.1. The van der Waals surface area contributed by atoms with Crippen LogP contribution in [-0.4, -0.2) is 15.7 Å². The minimum atomic E-state index is 0.00743. The van der Waals surface area contributed by atoms with E-state index in [1.165, 1.54) is 5.56 Å². The van der Waals surface area contributed by atoms with Crippen molar-refractivity contribution in [3.05, 3.63) is 65.7 Å². The first kappa shape index (κ1) is 17.0. The number of aromatic nitrogens is 2. The summed E-state index contributed by atoms with van der Waals surface area (Å²) in [5, 5.41) is 7.76. The van der Waals surface area contributed by atoms with Crippen molar-refractivity contribution in [1.82, 2.24) is 9.78 Å². The second kappa shape index (κ2) is 7.34. The van der Waals surface area contributed by atoms with Crippen LogP contribution in [0.5, 0.6) is 0 Å². The Labute approximate surface area is 148 Å². The number of amides is 1. The van der Waals surface area contributed by atoms with Crippen molar-refractivity contribution in [3.63, 3.8) is 0 Å². The van der Waals surface area contributed by atoms with E-state index < -0.39 is 0 Å². The van der Waals surface area contributed by atoms with Crippen LogP contribution in [0.15, 0.2) is 54.6 Å². The lowest BCUT2D eigenvalue weighted by atomic mass is 10.1. The van der Waals surface area contributed by atoms with Gasteiger partial charge < -0.3 is 5.32 Å². The molecule has 0 atom stereocenters. The maximum atomic E-state index is 12.1. The molecule has 0 bridgehead atoms. The predicted octanol–water partition coefficient (Wildman–Crippen LogP) is 4.89. The Morgan fingerprint density at radius 1 is 1.08 bits per heavy atom. The van der Waals surface area contributed by atoms with Gasteiger partial charge in [0.2, 0.25) is 5.91 Å². The van der Waals surface area contributed by atoms with Crippen LogP contribution in [0.25, 0.3) is 16.9 Å². The number of carbonyl (C=O) groups is 1. The quantitative estimate of drug-likeness (QED) is 0.722. The van der Waals surface area contributed by atoms with Gasteiger partial charge in [-0.15, -0.1) is 0 Å². The van der Waals surface area contributed by atoms with Crippen molar-refractivity contribution in [1.29, 1.82) is 0 Å². The molecule has 1 heterocycles. The predicted molar refractivity (Wildman–Crippen MR) is 102 cm³/mol. The molecule has 0 fully saturated rings. The summed E-state index contributed by atoms with van der Waals surface area (Å²) in [5.41, 5.74) is 5.16. The minimum Gasteiger partial charge on any atom is -0.311 e. The fraction of sp³-hybridized carbons (Fsp3) is 0.238. The zero-order valence-corrected chi connectivity index (χ0v) is 14.9.